The Morgan fingerprint density at radius 1 is 0.926 bits per heavy atom. The van der Waals surface area contributed by atoms with Gasteiger partial charge in [-0.25, -0.2) is 9.97 Å². The minimum Gasteiger partial charge on any atom is -0.492 e. The van der Waals surface area contributed by atoms with Crippen LogP contribution in [0.2, 0.25) is 0 Å². The van der Waals surface area contributed by atoms with E-state index >= 15 is 0 Å². The molecular formula is C47H59N11O7S3. The van der Waals surface area contributed by atoms with Crippen molar-refractivity contribution >= 4 is 62.9 Å². The lowest BCUT2D eigenvalue weighted by Gasteiger charge is -2.32. The number of nitrogens with zero attached hydrogens (tertiary/aromatic N) is 4. The fourth-order valence-corrected chi connectivity index (χ4v) is 10.3. The number of nitrogens with one attached hydrogen (secondary N) is 4. The van der Waals surface area contributed by atoms with Crippen molar-refractivity contribution in [1.29, 1.82) is 5.26 Å². The number of ether oxygens (including phenoxy) is 2. The maximum Gasteiger partial charge on any atom is 0.255 e. The summed E-state index contributed by atoms with van der Waals surface area (Å²) >= 11 is 1.83. The quantitative estimate of drug-likeness (QED) is 0.0359. The van der Waals surface area contributed by atoms with Gasteiger partial charge in [0.2, 0.25) is 23.6 Å². The van der Waals surface area contributed by atoms with E-state index in [2.05, 4.69) is 37.5 Å². The number of nitrogens with two attached hydrogens (primary N) is 3. The Balaban J connectivity index is 1.49. The molecule has 2 heterocycles. The number of fused-ring (bicyclic) bond motifs is 5. The molecule has 4 bridgehead atoms. The Hall–Kier alpha value is -5.89. The summed E-state index contributed by atoms with van der Waals surface area (Å²) in [5, 5.41) is 19.9. The molecule has 21 heteroatoms. The number of benzene rings is 3. The van der Waals surface area contributed by atoms with E-state index in [0.29, 0.717) is 45.3 Å². The van der Waals surface area contributed by atoms with Crippen LogP contribution in [0.25, 0.3) is 22.5 Å². The van der Waals surface area contributed by atoms with Crippen molar-refractivity contribution in [3.8, 4) is 40.1 Å². The highest BCUT2D eigenvalue weighted by Gasteiger charge is 2.36. The second-order valence-electron chi connectivity index (χ2n) is 15.7. The second kappa shape index (κ2) is 26.6. The Morgan fingerprint density at radius 3 is 2.26 bits per heavy atom. The number of aromatic nitrogens is 2. The molecule has 1 aliphatic rings. The molecule has 5 rings (SSSR count). The highest BCUT2D eigenvalue weighted by molar-refractivity contribution is 8.76. The van der Waals surface area contributed by atoms with Gasteiger partial charge in [-0.2, -0.15) is 17.0 Å². The number of amides is 5. The first-order chi connectivity index (χ1) is 32.8. The number of hydrogen-bond acceptors (Lipinski definition) is 16. The molecule has 0 spiro atoms. The normalized spacial score (nSPS) is 16.2. The number of hydrogen-bond donors (Lipinski definition) is 7. The first-order valence-electron chi connectivity index (χ1n) is 22.0. The predicted octanol–water partition coefficient (Wildman–Crippen LogP) is 2.87. The standard InChI is InChI=1S/C47H59N11O7S3/c1-28-36(26-53-42(54-28)32-8-5-30(6-9-32)27-68-67-22-21-66-4)44(60)56-37(13-14-48)47(63)58(3)41-33-10-12-40(65-20-17-51)35(25-33)34-23-31(7-11-39(34)64-19-16-50)24-38(45(61)52-18-15-49)57-43(59)29(2)55-46(41)62/h5-12,23,25-26,29,37-38,41H,13-14,16-22,24,27,48,50-51H2,1-4H3,(H,52,61)(H,55,62)(H,56,60)(H,57,59)/t29-,37-,38-,41-/m0/s1. The second-order valence-corrected chi connectivity index (χ2v) is 19.2. The first kappa shape index (κ1) is 53.1. The fraction of sp³-hybridized carbons (Fsp3) is 0.404. The Kier molecular flexibility index (Phi) is 20.8. The number of carbonyl (C=O) groups is 5. The smallest absolute Gasteiger partial charge is 0.255 e. The molecule has 4 aromatic rings. The summed E-state index contributed by atoms with van der Waals surface area (Å²) < 4.78 is 12.2. The molecule has 18 nitrogen and oxygen atoms in total. The minimum absolute atomic E-state index is 0.000366. The predicted molar refractivity (Wildman–Crippen MR) is 268 cm³/mol. The summed E-state index contributed by atoms with van der Waals surface area (Å²) in [5.41, 5.74) is 22.0. The van der Waals surface area contributed by atoms with Gasteiger partial charge in [0.1, 0.15) is 55.4 Å². The minimum atomic E-state index is -1.40. The molecular weight excluding hydrogens is 927 g/mol. The van der Waals surface area contributed by atoms with Gasteiger partial charge in [-0.05, 0) is 74.0 Å². The van der Waals surface area contributed by atoms with E-state index in [-0.39, 0.29) is 57.8 Å². The molecule has 0 fully saturated rings. The van der Waals surface area contributed by atoms with E-state index in [1.807, 2.05) is 63.7 Å². The number of thioether (sulfide) groups is 1. The lowest BCUT2D eigenvalue weighted by molar-refractivity contribution is -0.141. The summed E-state index contributed by atoms with van der Waals surface area (Å²) in [6.07, 6.45) is 3.52. The highest BCUT2D eigenvalue weighted by atomic mass is 33.1. The number of nitriles is 1. The zero-order chi connectivity index (χ0) is 49.2. The SMILES string of the molecule is CSCCSSCc1ccc(-c2ncc(C(=O)N[C@@H](CCN)C(=O)N(C)[C@@H]3C(=O)N[C@@H](C)C(=O)N[C@H](C(=O)NCC#N)Cc4ccc(OCCN)c(c4)-c4cc3ccc4OCCN)c(C)n2)cc1. The molecule has 0 unspecified atom stereocenters. The molecule has 68 heavy (non-hydrogen) atoms. The molecule has 0 saturated heterocycles. The lowest BCUT2D eigenvalue weighted by Crippen LogP contribution is -2.56. The van der Waals surface area contributed by atoms with Gasteiger partial charge in [-0.3, -0.25) is 24.0 Å². The van der Waals surface area contributed by atoms with Gasteiger partial charge >= 0.3 is 0 Å². The van der Waals surface area contributed by atoms with Crippen molar-refractivity contribution in [2.45, 2.75) is 56.6 Å². The first-order valence-corrected chi connectivity index (χ1v) is 25.8. The Labute approximate surface area is 408 Å². The molecule has 0 aliphatic carbocycles. The number of carbonyl (C=O) groups excluding carboxylic acids is 5. The third-order valence-electron chi connectivity index (χ3n) is 10.7. The van der Waals surface area contributed by atoms with Crippen LogP contribution in [0.1, 0.15) is 52.1 Å². The van der Waals surface area contributed by atoms with Crippen LogP contribution in [-0.2, 0) is 31.4 Å². The van der Waals surface area contributed by atoms with E-state index in [1.165, 1.54) is 30.6 Å². The molecule has 0 radical (unpaired) electrons. The van der Waals surface area contributed by atoms with Gasteiger partial charge in [0, 0.05) is 66.7 Å². The molecule has 362 valence electrons. The van der Waals surface area contributed by atoms with Crippen LogP contribution in [-0.4, -0.2) is 127 Å². The van der Waals surface area contributed by atoms with Crippen molar-refractivity contribution in [2.75, 3.05) is 64.2 Å². The maximum absolute atomic E-state index is 14.7. The molecule has 10 N–H and O–H groups in total. The topological polar surface area (TPSA) is 283 Å². The van der Waals surface area contributed by atoms with Crippen molar-refractivity contribution in [1.82, 2.24) is 36.1 Å². The monoisotopic (exact) mass is 985 g/mol. The number of rotatable bonds is 21. The average Bonchev–Trinajstić information content (AvgIpc) is 3.33. The summed E-state index contributed by atoms with van der Waals surface area (Å²) in [5.74, 6) is 0.898. The van der Waals surface area contributed by atoms with Gasteiger partial charge in [0.05, 0.1) is 17.3 Å². The number of aryl methyl sites for hydroxylation is 1. The van der Waals surface area contributed by atoms with Crippen molar-refractivity contribution in [3.05, 3.63) is 94.8 Å². The number of likely N-dealkylation sites (N-methyl/N-ethyl adjacent to an activating group) is 1. The fourth-order valence-electron chi connectivity index (χ4n) is 7.23. The van der Waals surface area contributed by atoms with Crippen LogP contribution in [0.3, 0.4) is 0 Å². The molecule has 4 atom stereocenters. The van der Waals surface area contributed by atoms with E-state index in [1.54, 1.807) is 43.3 Å². The van der Waals surface area contributed by atoms with Crippen molar-refractivity contribution in [3.63, 3.8) is 0 Å². The summed E-state index contributed by atoms with van der Waals surface area (Å²) in [4.78, 5) is 80.6. The Morgan fingerprint density at radius 2 is 1.62 bits per heavy atom. The van der Waals surface area contributed by atoms with E-state index in [0.717, 1.165) is 22.8 Å². The van der Waals surface area contributed by atoms with E-state index in [4.69, 9.17) is 26.7 Å². The van der Waals surface area contributed by atoms with Gasteiger partial charge < -0.3 is 52.8 Å². The van der Waals surface area contributed by atoms with Gasteiger partial charge in [-0.15, -0.1) is 0 Å². The van der Waals surface area contributed by atoms with Crippen LogP contribution in [0, 0.1) is 18.3 Å². The van der Waals surface area contributed by atoms with Crippen molar-refractivity contribution in [2.24, 2.45) is 17.2 Å². The van der Waals surface area contributed by atoms with Gasteiger partial charge in [0.15, 0.2) is 5.82 Å². The summed E-state index contributed by atoms with van der Waals surface area (Å²) in [6.45, 7) is 3.49. The molecule has 1 aliphatic heterocycles. The maximum atomic E-state index is 14.7. The Bertz CT molecular complexity index is 2440. The van der Waals surface area contributed by atoms with Crippen LogP contribution in [0.15, 0.2) is 66.9 Å². The summed E-state index contributed by atoms with van der Waals surface area (Å²) in [6, 6.07) is 15.0. The van der Waals surface area contributed by atoms with E-state index in [9.17, 15) is 29.2 Å². The molecule has 1 aromatic heterocycles. The average molecular weight is 986 g/mol. The zero-order valence-electron chi connectivity index (χ0n) is 38.5. The highest BCUT2D eigenvalue weighted by Crippen LogP contribution is 2.40. The molecule has 5 amide bonds. The zero-order valence-corrected chi connectivity index (χ0v) is 41.0. The van der Waals surface area contributed by atoms with Gasteiger partial charge in [-0.1, -0.05) is 58.0 Å². The van der Waals surface area contributed by atoms with Crippen molar-refractivity contribution < 1.29 is 33.4 Å². The van der Waals surface area contributed by atoms with Crippen LogP contribution < -0.4 is 47.9 Å². The summed E-state index contributed by atoms with van der Waals surface area (Å²) in [7, 11) is 5.07. The third-order valence-corrected chi connectivity index (χ3v) is 13.9. The van der Waals surface area contributed by atoms with Crippen LogP contribution >= 0.6 is 33.3 Å². The molecule has 0 saturated carbocycles. The van der Waals surface area contributed by atoms with Crippen LogP contribution in [0.4, 0.5) is 0 Å². The van der Waals surface area contributed by atoms with E-state index < -0.39 is 53.7 Å². The molecule has 3 aromatic carbocycles. The largest absolute Gasteiger partial charge is 0.492 e. The van der Waals surface area contributed by atoms with Crippen LogP contribution in [0.5, 0.6) is 11.5 Å². The lowest BCUT2D eigenvalue weighted by atomic mass is 9.93. The third kappa shape index (κ3) is 14.3. The van der Waals surface area contributed by atoms with Gasteiger partial charge in [0.25, 0.3) is 5.91 Å².